The van der Waals surface area contributed by atoms with Gasteiger partial charge in [-0.3, -0.25) is 0 Å². The Balaban J connectivity index is 1.88. The number of hydrogen-bond donors (Lipinski definition) is 1. The van der Waals surface area contributed by atoms with Crippen LogP contribution in [-0.4, -0.2) is 17.0 Å². The molecule has 4 heteroatoms. The minimum Gasteiger partial charge on any atom is -0.373 e. The van der Waals surface area contributed by atoms with E-state index in [2.05, 4.69) is 47.8 Å². The molecule has 0 aliphatic carbocycles. The summed E-state index contributed by atoms with van der Waals surface area (Å²) in [7, 11) is 1.93. The van der Waals surface area contributed by atoms with Gasteiger partial charge in [-0.15, -0.1) is 0 Å². The fraction of sp³-hybridized carbons (Fsp3) is 0.176. The molecule has 1 aliphatic heterocycles. The maximum atomic E-state index is 4.77. The van der Waals surface area contributed by atoms with Gasteiger partial charge in [-0.05, 0) is 16.8 Å². The molecule has 0 saturated carbocycles. The molecule has 2 aromatic carbocycles. The van der Waals surface area contributed by atoms with Crippen LogP contribution >= 0.6 is 11.8 Å². The van der Waals surface area contributed by atoms with Gasteiger partial charge in [0, 0.05) is 29.7 Å². The van der Waals surface area contributed by atoms with Gasteiger partial charge >= 0.3 is 0 Å². The molecule has 104 valence electrons. The molecule has 3 nitrogen and oxygen atoms in total. The van der Waals surface area contributed by atoms with Gasteiger partial charge in [-0.1, -0.05) is 36.4 Å². The van der Waals surface area contributed by atoms with E-state index in [0.29, 0.717) is 0 Å². The van der Waals surface area contributed by atoms with Gasteiger partial charge in [0.05, 0.1) is 5.69 Å². The highest BCUT2D eigenvalue weighted by Gasteiger charge is 2.19. The quantitative estimate of drug-likeness (QED) is 0.772. The fourth-order valence-electron chi connectivity index (χ4n) is 2.72. The number of hydrogen-bond acceptors (Lipinski definition) is 4. The Morgan fingerprint density at radius 1 is 1.00 bits per heavy atom. The van der Waals surface area contributed by atoms with Crippen LogP contribution in [0.5, 0.6) is 0 Å². The normalized spacial score (nSPS) is 13.4. The predicted octanol–water partition coefficient (Wildman–Crippen LogP) is 4.09. The molecular formula is C17H15N3S. The molecule has 0 spiro atoms. The first-order valence-electron chi connectivity index (χ1n) is 6.99. The average molecular weight is 293 g/mol. The van der Waals surface area contributed by atoms with E-state index in [-0.39, 0.29) is 0 Å². The molecule has 2 heterocycles. The highest BCUT2D eigenvalue weighted by atomic mass is 32.2. The number of aromatic nitrogens is 2. The molecule has 1 aromatic heterocycles. The second kappa shape index (κ2) is 5.04. The third-order valence-electron chi connectivity index (χ3n) is 3.82. The van der Waals surface area contributed by atoms with Gasteiger partial charge in [0.2, 0.25) is 0 Å². The Labute approximate surface area is 127 Å². The van der Waals surface area contributed by atoms with Crippen LogP contribution in [-0.2, 0) is 11.5 Å². The van der Waals surface area contributed by atoms with E-state index in [1.165, 1.54) is 22.0 Å². The van der Waals surface area contributed by atoms with E-state index in [9.17, 15) is 0 Å². The van der Waals surface area contributed by atoms with Crippen molar-refractivity contribution in [1.29, 1.82) is 0 Å². The molecule has 0 radical (unpaired) electrons. The van der Waals surface area contributed by atoms with Crippen LogP contribution < -0.4 is 5.32 Å². The first-order valence-corrected chi connectivity index (χ1v) is 8.15. The van der Waals surface area contributed by atoms with E-state index < -0.39 is 0 Å². The standard InChI is InChI=1S/C17H15N3S/c1-18-17-14-9-21-10-15(14)19-16(20-17)13-7-6-11-4-2-3-5-12(11)8-13/h2-8H,9-10H2,1H3,(H,18,19,20). The highest BCUT2D eigenvalue weighted by molar-refractivity contribution is 7.98. The molecule has 1 aliphatic rings. The summed E-state index contributed by atoms with van der Waals surface area (Å²) in [5.41, 5.74) is 3.50. The van der Waals surface area contributed by atoms with Gasteiger partial charge in [0.1, 0.15) is 5.82 Å². The molecule has 1 N–H and O–H groups in total. The van der Waals surface area contributed by atoms with Crippen LogP contribution in [0.3, 0.4) is 0 Å². The Morgan fingerprint density at radius 2 is 1.86 bits per heavy atom. The number of fused-ring (bicyclic) bond motifs is 2. The summed E-state index contributed by atoms with van der Waals surface area (Å²) in [4.78, 5) is 9.47. The average Bonchev–Trinajstić information content (AvgIpc) is 3.02. The van der Waals surface area contributed by atoms with Crippen molar-refractivity contribution < 1.29 is 0 Å². The van der Waals surface area contributed by atoms with Crippen molar-refractivity contribution in [2.24, 2.45) is 0 Å². The Morgan fingerprint density at radius 3 is 2.71 bits per heavy atom. The third kappa shape index (κ3) is 2.16. The second-order valence-corrected chi connectivity index (χ2v) is 6.11. The molecule has 0 atom stereocenters. The molecule has 0 saturated heterocycles. The van der Waals surface area contributed by atoms with E-state index in [1.54, 1.807) is 0 Å². The van der Waals surface area contributed by atoms with Crippen LogP contribution in [0.25, 0.3) is 22.2 Å². The fourth-order valence-corrected chi connectivity index (χ4v) is 3.76. The summed E-state index contributed by atoms with van der Waals surface area (Å²) in [6, 6.07) is 14.8. The van der Waals surface area contributed by atoms with Crippen molar-refractivity contribution in [1.82, 2.24) is 9.97 Å². The number of benzene rings is 2. The van der Waals surface area contributed by atoms with Crippen molar-refractivity contribution in [3.8, 4) is 11.4 Å². The van der Waals surface area contributed by atoms with Gasteiger partial charge in [-0.25, -0.2) is 9.97 Å². The molecule has 21 heavy (non-hydrogen) atoms. The Hall–Kier alpha value is -2.07. The molecule has 4 rings (SSSR count). The summed E-state index contributed by atoms with van der Waals surface area (Å²) in [6.07, 6.45) is 0. The maximum absolute atomic E-state index is 4.77. The van der Waals surface area contributed by atoms with Crippen molar-refractivity contribution in [3.05, 3.63) is 53.7 Å². The lowest BCUT2D eigenvalue weighted by molar-refractivity contribution is 1.07. The van der Waals surface area contributed by atoms with Gasteiger partial charge < -0.3 is 5.32 Å². The van der Waals surface area contributed by atoms with E-state index in [1.807, 2.05) is 18.8 Å². The van der Waals surface area contributed by atoms with E-state index in [0.717, 1.165) is 28.7 Å². The van der Waals surface area contributed by atoms with Gasteiger partial charge in [0.25, 0.3) is 0 Å². The lowest BCUT2D eigenvalue weighted by atomic mass is 10.1. The SMILES string of the molecule is CNc1nc(-c2ccc3ccccc3c2)nc2c1CSC2. The minimum atomic E-state index is 0.811. The molecular weight excluding hydrogens is 278 g/mol. The maximum Gasteiger partial charge on any atom is 0.161 e. The van der Waals surface area contributed by atoms with Crippen LogP contribution in [0, 0.1) is 0 Å². The molecule has 0 fully saturated rings. The van der Waals surface area contributed by atoms with E-state index >= 15 is 0 Å². The van der Waals surface area contributed by atoms with Crippen molar-refractivity contribution in [2.45, 2.75) is 11.5 Å². The lowest BCUT2D eigenvalue weighted by Crippen LogP contribution is -2.03. The zero-order chi connectivity index (χ0) is 14.2. The van der Waals surface area contributed by atoms with Crippen LogP contribution in [0.2, 0.25) is 0 Å². The second-order valence-electron chi connectivity index (χ2n) is 5.13. The zero-order valence-corrected chi connectivity index (χ0v) is 12.6. The first-order chi connectivity index (χ1) is 10.3. The zero-order valence-electron chi connectivity index (χ0n) is 11.8. The topological polar surface area (TPSA) is 37.8 Å². The molecule has 0 bridgehead atoms. The largest absolute Gasteiger partial charge is 0.373 e. The van der Waals surface area contributed by atoms with Crippen molar-refractivity contribution in [2.75, 3.05) is 12.4 Å². The summed E-state index contributed by atoms with van der Waals surface area (Å²) < 4.78 is 0. The monoisotopic (exact) mass is 293 g/mol. The summed E-state index contributed by atoms with van der Waals surface area (Å²) in [6.45, 7) is 0. The van der Waals surface area contributed by atoms with Crippen LogP contribution in [0.4, 0.5) is 5.82 Å². The predicted molar refractivity (Wildman–Crippen MR) is 89.5 cm³/mol. The molecule has 3 aromatic rings. The number of nitrogens with zero attached hydrogens (tertiary/aromatic N) is 2. The number of thioether (sulfide) groups is 1. The first kappa shape index (κ1) is 12.7. The Kier molecular flexibility index (Phi) is 3.04. The number of rotatable bonds is 2. The van der Waals surface area contributed by atoms with E-state index in [4.69, 9.17) is 9.97 Å². The lowest BCUT2D eigenvalue weighted by Gasteiger charge is -2.09. The highest BCUT2D eigenvalue weighted by Crippen LogP contribution is 2.34. The van der Waals surface area contributed by atoms with Crippen molar-refractivity contribution >= 4 is 28.4 Å². The summed E-state index contributed by atoms with van der Waals surface area (Å²) >= 11 is 1.90. The Bertz CT molecular complexity index is 829. The third-order valence-corrected chi connectivity index (χ3v) is 4.79. The van der Waals surface area contributed by atoms with Gasteiger partial charge in [-0.2, -0.15) is 11.8 Å². The van der Waals surface area contributed by atoms with Gasteiger partial charge in [0.15, 0.2) is 5.82 Å². The van der Waals surface area contributed by atoms with Crippen LogP contribution in [0.1, 0.15) is 11.3 Å². The molecule has 0 amide bonds. The smallest absolute Gasteiger partial charge is 0.161 e. The summed E-state index contributed by atoms with van der Waals surface area (Å²) in [5.74, 6) is 3.76. The van der Waals surface area contributed by atoms with Crippen LogP contribution in [0.15, 0.2) is 42.5 Å². The number of anilines is 1. The number of nitrogens with one attached hydrogen (secondary N) is 1. The molecule has 0 unspecified atom stereocenters. The minimum absolute atomic E-state index is 0.811. The summed E-state index contributed by atoms with van der Waals surface area (Å²) in [5, 5.41) is 5.67. The van der Waals surface area contributed by atoms with Crippen molar-refractivity contribution in [3.63, 3.8) is 0 Å².